The third-order valence-corrected chi connectivity index (χ3v) is 4.43. The monoisotopic (exact) mass is 293 g/mol. The molecule has 1 saturated carbocycles. The second-order valence-electron chi connectivity index (χ2n) is 5.57. The van der Waals surface area contributed by atoms with E-state index in [9.17, 15) is 15.3 Å². The Hall–Kier alpha value is -1.81. The van der Waals surface area contributed by atoms with Crippen LogP contribution in [0.5, 0.6) is 0 Å². The Balaban J connectivity index is 1.75. The molecule has 9 nitrogen and oxygen atoms in total. The van der Waals surface area contributed by atoms with Crippen molar-refractivity contribution >= 4 is 17.0 Å². The number of aliphatic hydroxyl groups is 3. The van der Waals surface area contributed by atoms with Gasteiger partial charge in [-0.05, 0) is 6.42 Å². The van der Waals surface area contributed by atoms with Gasteiger partial charge in [0.1, 0.15) is 29.7 Å². The summed E-state index contributed by atoms with van der Waals surface area (Å²) in [5.74, 6) is 0.0720. The molecule has 5 atom stereocenters. The van der Waals surface area contributed by atoms with Crippen LogP contribution in [0.1, 0.15) is 12.6 Å². The van der Waals surface area contributed by atoms with Crippen molar-refractivity contribution in [2.75, 3.05) is 12.3 Å². The van der Waals surface area contributed by atoms with Crippen LogP contribution in [-0.2, 0) is 4.74 Å². The van der Waals surface area contributed by atoms with E-state index < -0.39 is 24.0 Å². The molecule has 1 unspecified atom stereocenters. The van der Waals surface area contributed by atoms with Crippen molar-refractivity contribution in [2.45, 2.75) is 30.5 Å². The molecule has 1 aliphatic carbocycles. The molecule has 4 rings (SSSR count). The number of nitrogens with two attached hydrogens (primary N) is 1. The van der Waals surface area contributed by atoms with Crippen molar-refractivity contribution in [3.8, 4) is 0 Å². The molecule has 3 heterocycles. The lowest BCUT2D eigenvalue weighted by Crippen LogP contribution is -2.34. The zero-order chi connectivity index (χ0) is 14.8. The number of anilines is 1. The predicted molar refractivity (Wildman–Crippen MR) is 69.8 cm³/mol. The van der Waals surface area contributed by atoms with Crippen molar-refractivity contribution in [2.24, 2.45) is 5.92 Å². The normalized spacial score (nSPS) is 38.4. The van der Waals surface area contributed by atoms with E-state index in [0.29, 0.717) is 17.6 Å². The fraction of sp³-hybridized carbons (Fsp3) is 0.583. The van der Waals surface area contributed by atoms with Crippen molar-refractivity contribution < 1.29 is 20.1 Å². The second kappa shape index (κ2) is 4.10. The topological polar surface area (TPSA) is 140 Å². The lowest BCUT2D eigenvalue weighted by Gasteiger charge is -2.16. The number of aromatic nitrogens is 4. The van der Waals surface area contributed by atoms with Gasteiger partial charge in [0.05, 0.1) is 6.33 Å². The standard InChI is InChI=1S/C12H15N5O4/c13-9-6-10(15-3-14-9)17(4-16-6)11-7(19)8(20)12(21-11)1-5(12)2-18/h3-5,7-8,11,18-20H,1-2H2,(H2,13,14,15)/t5-,7?,8+,11+,12+/m0/s1. The number of imidazole rings is 1. The van der Waals surface area contributed by atoms with Gasteiger partial charge in [-0.1, -0.05) is 0 Å². The number of rotatable bonds is 2. The van der Waals surface area contributed by atoms with Crippen LogP contribution in [-0.4, -0.2) is 59.3 Å². The second-order valence-corrected chi connectivity index (χ2v) is 5.57. The average molecular weight is 293 g/mol. The first-order chi connectivity index (χ1) is 10.1. The molecule has 1 spiro atoms. The quantitative estimate of drug-likeness (QED) is 0.519. The smallest absolute Gasteiger partial charge is 0.167 e. The van der Waals surface area contributed by atoms with Gasteiger partial charge >= 0.3 is 0 Å². The molecule has 2 aromatic heterocycles. The number of hydrogen-bond donors (Lipinski definition) is 4. The molecule has 21 heavy (non-hydrogen) atoms. The molecule has 5 N–H and O–H groups in total. The van der Waals surface area contributed by atoms with Gasteiger partial charge in [-0.2, -0.15) is 0 Å². The van der Waals surface area contributed by atoms with Crippen molar-refractivity contribution in [1.82, 2.24) is 19.5 Å². The molecule has 9 heteroatoms. The van der Waals surface area contributed by atoms with Crippen LogP contribution < -0.4 is 5.73 Å². The van der Waals surface area contributed by atoms with Gasteiger partial charge in [-0.25, -0.2) is 15.0 Å². The summed E-state index contributed by atoms with van der Waals surface area (Å²) in [5.41, 5.74) is 5.69. The van der Waals surface area contributed by atoms with E-state index in [-0.39, 0.29) is 18.3 Å². The van der Waals surface area contributed by atoms with Crippen molar-refractivity contribution in [3.63, 3.8) is 0 Å². The maximum atomic E-state index is 10.3. The van der Waals surface area contributed by atoms with Crippen LogP contribution in [0, 0.1) is 5.92 Å². The third kappa shape index (κ3) is 1.57. The van der Waals surface area contributed by atoms with Crippen molar-refractivity contribution in [3.05, 3.63) is 12.7 Å². The number of fused-ring (bicyclic) bond motifs is 1. The van der Waals surface area contributed by atoms with Crippen LogP contribution >= 0.6 is 0 Å². The Morgan fingerprint density at radius 2 is 2.19 bits per heavy atom. The summed E-state index contributed by atoms with van der Waals surface area (Å²) >= 11 is 0. The van der Waals surface area contributed by atoms with Crippen LogP contribution in [0.2, 0.25) is 0 Å². The maximum absolute atomic E-state index is 10.3. The number of hydrogen-bond acceptors (Lipinski definition) is 8. The molecule has 112 valence electrons. The van der Waals surface area contributed by atoms with Gasteiger partial charge in [0.2, 0.25) is 0 Å². The van der Waals surface area contributed by atoms with E-state index in [1.165, 1.54) is 17.2 Å². The van der Waals surface area contributed by atoms with Gasteiger partial charge in [0, 0.05) is 12.5 Å². The molecule has 0 bridgehead atoms. The van der Waals surface area contributed by atoms with Crippen LogP contribution in [0.4, 0.5) is 5.82 Å². The Morgan fingerprint density at radius 1 is 1.38 bits per heavy atom. The van der Waals surface area contributed by atoms with Crippen LogP contribution in [0.25, 0.3) is 11.2 Å². The Kier molecular flexibility index (Phi) is 2.52. The Bertz CT molecular complexity index is 706. The molecule has 2 aromatic rings. The zero-order valence-electron chi connectivity index (χ0n) is 11.0. The van der Waals surface area contributed by atoms with Gasteiger partial charge < -0.3 is 25.8 Å². The summed E-state index contributed by atoms with van der Waals surface area (Å²) in [5, 5.41) is 29.7. The maximum Gasteiger partial charge on any atom is 0.167 e. The molecule has 1 aliphatic heterocycles. The molecular formula is C12H15N5O4. The predicted octanol–water partition coefficient (Wildman–Crippen LogP) is -1.59. The van der Waals surface area contributed by atoms with Crippen molar-refractivity contribution in [1.29, 1.82) is 0 Å². The summed E-state index contributed by atoms with van der Waals surface area (Å²) < 4.78 is 7.37. The number of ether oxygens (including phenoxy) is 1. The summed E-state index contributed by atoms with van der Waals surface area (Å²) in [7, 11) is 0. The number of nitrogen functional groups attached to an aromatic ring is 1. The molecule has 0 aromatic carbocycles. The zero-order valence-corrected chi connectivity index (χ0v) is 11.0. The Morgan fingerprint density at radius 3 is 2.90 bits per heavy atom. The fourth-order valence-corrected chi connectivity index (χ4v) is 3.14. The highest BCUT2D eigenvalue weighted by atomic mass is 16.6. The first kappa shape index (κ1) is 12.9. The fourth-order valence-electron chi connectivity index (χ4n) is 3.14. The van der Waals surface area contributed by atoms with E-state index in [4.69, 9.17) is 10.5 Å². The van der Waals surface area contributed by atoms with Gasteiger partial charge in [0.15, 0.2) is 17.7 Å². The summed E-state index contributed by atoms with van der Waals surface area (Å²) in [6.07, 6.45) is 0.257. The molecule has 1 saturated heterocycles. The van der Waals surface area contributed by atoms with Gasteiger partial charge in [-0.3, -0.25) is 4.57 Å². The van der Waals surface area contributed by atoms with Crippen LogP contribution in [0.3, 0.4) is 0 Å². The van der Waals surface area contributed by atoms with Crippen LogP contribution in [0.15, 0.2) is 12.7 Å². The lowest BCUT2D eigenvalue weighted by molar-refractivity contribution is -0.0563. The summed E-state index contributed by atoms with van der Waals surface area (Å²) in [6, 6.07) is 0. The molecule has 0 amide bonds. The number of aliphatic hydroxyl groups excluding tert-OH is 3. The summed E-state index contributed by atoms with van der Waals surface area (Å²) in [4.78, 5) is 12.1. The van der Waals surface area contributed by atoms with Gasteiger partial charge in [-0.15, -0.1) is 0 Å². The first-order valence-corrected chi connectivity index (χ1v) is 6.66. The molecule has 2 fully saturated rings. The minimum atomic E-state index is -1.13. The highest BCUT2D eigenvalue weighted by Gasteiger charge is 2.68. The SMILES string of the molecule is Nc1ncnc2c1ncn2[C@@H]1O[C@@]2(C[C@H]2CO)[C@H](O)C1O. The van der Waals surface area contributed by atoms with E-state index in [1.54, 1.807) is 0 Å². The van der Waals surface area contributed by atoms with E-state index in [0.717, 1.165) is 0 Å². The minimum Gasteiger partial charge on any atom is -0.396 e. The third-order valence-electron chi connectivity index (χ3n) is 4.43. The molecular weight excluding hydrogens is 278 g/mol. The highest BCUT2D eigenvalue weighted by Crippen LogP contribution is 2.57. The number of nitrogens with zero attached hydrogens (tertiary/aromatic N) is 4. The minimum absolute atomic E-state index is 0.0870. The van der Waals surface area contributed by atoms with E-state index in [1.807, 2.05) is 0 Å². The molecule has 0 radical (unpaired) electrons. The Labute approximate surface area is 119 Å². The molecule has 2 aliphatic rings. The van der Waals surface area contributed by atoms with E-state index >= 15 is 0 Å². The van der Waals surface area contributed by atoms with Gasteiger partial charge in [0.25, 0.3) is 0 Å². The van der Waals surface area contributed by atoms with E-state index in [2.05, 4.69) is 15.0 Å². The largest absolute Gasteiger partial charge is 0.396 e. The first-order valence-electron chi connectivity index (χ1n) is 6.66. The summed E-state index contributed by atoms with van der Waals surface area (Å²) in [6.45, 7) is -0.0870. The average Bonchev–Trinajstić information content (AvgIpc) is 2.94. The highest BCUT2D eigenvalue weighted by molar-refractivity contribution is 5.81. The lowest BCUT2D eigenvalue weighted by atomic mass is 10.1.